The molecule has 104 valence electrons. The van der Waals surface area contributed by atoms with Gasteiger partial charge in [0.1, 0.15) is 0 Å². The first-order valence-electron chi connectivity index (χ1n) is 8.08. The maximum atomic E-state index is 2.51. The lowest BCUT2D eigenvalue weighted by Crippen LogP contribution is -2.54. The van der Waals surface area contributed by atoms with Crippen molar-refractivity contribution in [2.45, 2.75) is 80.1 Å². The molecule has 4 aliphatic rings. The molecule has 0 saturated heterocycles. The fourth-order valence-electron chi connectivity index (χ4n) is 4.76. The van der Waals surface area contributed by atoms with Crippen LogP contribution in [0.5, 0.6) is 0 Å². The van der Waals surface area contributed by atoms with Gasteiger partial charge in [-0.05, 0) is 75.0 Å². The molecule has 4 aliphatic carbocycles. The Morgan fingerprint density at radius 1 is 0.944 bits per heavy atom. The van der Waals surface area contributed by atoms with Crippen LogP contribution in [0.4, 0.5) is 0 Å². The summed E-state index contributed by atoms with van der Waals surface area (Å²) in [6, 6.07) is 0. The van der Waals surface area contributed by atoms with Crippen molar-refractivity contribution in [1.82, 2.24) is 0 Å². The molecule has 2 bridgehead atoms. The molecule has 18 heavy (non-hydrogen) atoms. The number of allylic oxidation sites excluding steroid dienone is 2. The van der Waals surface area contributed by atoms with E-state index in [9.17, 15) is 0 Å². The van der Waals surface area contributed by atoms with Gasteiger partial charge in [0.2, 0.25) is 0 Å². The van der Waals surface area contributed by atoms with Crippen LogP contribution in [0.2, 0.25) is 0 Å². The highest BCUT2D eigenvalue weighted by Gasteiger charge is 2.57. The molecular weight excluding hydrogens is 216 g/mol. The lowest BCUT2D eigenvalue weighted by Gasteiger charge is -2.63. The number of hydrogen-bond acceptors (Lipinski definition) is 0. The first-order chi connectivity index (χ1) is 8.43. The minimum absolute atomic E-state index is 0.676. The lowest BCUT2D eigenvalue weighted by atomic mass is 9.41. The second-order valence-electron chi connectivity index (χ2n) is 7.60. The van der Waals surface area contributed by atoms with E-state index in [2.05, 4.69) is 27.7 Å². The van der Waals surface area contributed by atoms with Crippen LogP contribution >= 0.6 is 0 Å². The summed E-state index contributed by atoms with van der Waals surface area (Å²) in [5.41, 5.74) is 4.80. The Balaban J connectivity index is 0.000000574. The van der Waals surface area contributed by atoms with Crippen LogP contribution in [0.1, 0.15) is 80.1 Å². The van der Waals surface area contributed by atoms with E-state index in [1.54, 1.807) is 11.1 Å². The van der Waals surface area contributed by atoms with Crippen molar-refractivity contribution in [2.24, 2.45) is 22.7 Å². The van der Waals surface area contributed by atoms with Crippen molar-refractivity contribution in [3.8, 4) is 0 Å². The molecule has 0 amide bonds. The summed E-state index contributed by atoms with van der Waals surface area (Å²) in [5, 5.41) is 0. The quantitative estimate of drug-likeness (QED) is 0.463. The Morgan fingerprint density at radius 3 is 1.94 bits per heavy atom. The molecule has 0 heteroatoms. The summed E-state index contributed by atoms with van der Waals surface area (Å²) in [7, 11) is 0. The molecule has 0 aromatic rings. The average Bonchev–Trinajstić information content (AvgIpc) is 2.37. The highest BCUT2D eigenvalue weighted by atomic mass is 14.6. The largest absolute Gasteiger partial charge is 0.0744 e. The van der Waals surface area contributed by atoms with Crippen molar-refractivity contribution >= 4 is 0 Å². The third-order valence-electron chi connectivity index (χ3n) is 6.43. The topological polar surface area (TPSA) is 0 Å². The van der Waals surface area contributed by atoms with Gasteiger partial charge in [-0.25, -0.2) is 0 Å². The van der Waals surface area contributed by atoms with Crippen molar-refractivity contribution in [2.75, 3.05) is 0 Å². The van der Waals surface area contributed by atoms with E-state index in [0.29, 0.717) is 5.41 Å². The van der Waals surface area contributed by atoms with Gasteiger partial charge >= 0.3 is 0 Å². The van der Waals surface area contributed by atoms with Gasteiger partial charge in [0.15, 0.2) is 0 Å². The minimum atomic E-state index is 0.676. The molecule has 0 radical (unpaired) electrons. The molecule has 0 aromatic carbocycles. The van der Waals surface area contributed by atoms with Crippen LogP contribution in [0.25, 0.3) is 0 Å². The van der Waals surface area contributed by atoms with Crippen LogP contribution in [0.15, 0.2) is 11.1 Å². The summed E-state index contributed by atoms with van der Waals surface area (Å²) in [4.78, 5) is 0. The highest BCUT2D eigenvalue weighted by Crippen LogP contribution is 2.67. The van der Waals surface area contributed by atoms with Gasteiger partial charge in [-0.2, -0.15) is 0 Å². The third kappa shape index (κ3) is 2.06. The summed E-state index contributed by atoms with van der Waals surface area (Å²) < 4.78 is 0. The maximum Gasteiger partial charge on any atom is -0.0252 e. The van der Waals surface area contributed by atoms with E-state index in [1.165, 1.54) is 38.5 Å². The lowest BCUT2D eigenvalue weighted by molar-refractivity contribution is -0.130. The molecular formula is C18H32. The van der Waals surface area contributed by atoms with Crippen LogP contribution in [0.3, 0.4) is 0 Å². The second-order valence-corrected chi connectivity index (χ2v) is 7.60. The monoisotopic (exact) mass is 248 g/mol. The second kappa shape index (κ2) is 4.69. The van der Waals surface area contributed by atoms with E-state index in [-0.39, 0.29) is 0 Å². The molecule has 0 heterocycles. The van der Waals surface area contributed by atoms with E-state index in [1.807, 2.05) is 13.8 Å². The van der Waals surface area contributed by atoms with Crippen molar-refractivity contribution in [3.05, 3.63) is 11.1 Å². The smallest absolute Gasteiger partial charge is 0.0252 e. The predicted molar refractivity (Wildman–Crippen MR) is 80.6 cm³/mol. The van der Waals surface area contributed by atoms with E-state index in [0.717, 1.165) is 17.3 Å². The maximum absolute atomic E-state index is 2.51. The highest BCUT2D eigenvalue weighted by molar-refractivity contribution is 5.19. The fourth-order valence-corrected chi connectivity index (χ4v) is 4.76. The molecule has 0 N–H and O–H groups in total. The molecule has 0 aromatic heterocycles. The molecule has 3 fully saturated rings. The van der Waals surface area contributed by atoms with Gasteiger partial charge < -0.3 is 0 Å². The molecule has 4 rings (SSSR count). The number of rotatable bonds is 0. The Morgan fingerprint density at radius 2 is 1.50 bits per heavy atom. The van der Waals surface area contributed by atoms with Crippen molar-refractivity contribution in [3.63, 3.8) is 0 Å². The van der Waals surface area contributed by atoms with Crippen LogP contribution in [-0.4, -0.2) is 0 Å². The van der Waals surface area contributed by atoms with Crippen LogP contribution in [0, 0.1) is 22.7 Å². The Labute approximate surface area is 114 Å². The first kappa shape index (κ1) is 14.2. The molecule has 1 spiro atoms. The first-order valence-corrected chi connectivity index (χ1v) is 8.08. The molecule has 3 saturated carbocycles. The third-order valence-corrected chi connectivity index (χ3v) is 6.43. The van der Waals surface area contributed by atoms with Gasteiger partial charge in [0, 0.05) is 0 Å². The Bertz CT molecular complexity index is 331. The zero-order valence-corrected chi connectivity index (χ0v) is 13.4. The summed E-state index contributed by atoms with van der Waals surface area (Å²) in [6.45, 7) is 13.7. The van der Waals surface area contributed by atoms with Crippen molar-refractivity contribution < 1.29 is 0 Å². The Kier molecular flexibility index (Phi) is 3.69. The van der Waals surface area contributed by atoms with Crippen LogP contribution < -0.4 is 0 Å². The van der Waals surface area contributed by atoms with E-state index in [4.69, 9.17) is 0 Å². The summed E-state index contributed by atoms with van der Waals surface area (Å²) in [5.74, 6) is 2.08. The Hall–Kier alpha value is -0.260. The van der Waals surface area contributed by atoms with Gasteiger partial charge in [0.25, 0.3) is 0 Å². The summed E-state index contributed by atoms with van der Waals surface area (Å²) in [6.07, 6.45) is 8.88. The van der Waals surface area contributed by atoms with Gasteiger partial charge in [-0.3, -0.25) is 0 Å². The summed E-state index contributed by atoms with van der Waals surface area (Å²) >= 11 is 0. The normalized spacial score (nSPS) is 41.0. The van der Waals surface area contributed by atoms with E-state index < -0.39 is 0 Å². The fraction of sp³-hybridized carbons (Fsp3) is 0.889. The van der Waals surface area contributed by atoms with Crippen molar-refractivity contribution in [1.29, 1.82) is 0 Å². The molecule has 2 unspecified atom stereocenters. The SMILES string of the molecule is CC.CC1=C(C)CC2(CC1)CC1CC(C2)C1(C)C. The standard InChI is InChI=1S/C16H26.C2H6/c1-11-5-6-16(8-12(11)2)9-13-7-14(10-16)15(13,3)4;1-2/h13-14H,5-10H2,1-4H3;1-2H3. The predicted octanol–water partition coefficient (Wildman–Crippen LogP) is 5.98. The van der Waals surface area contributed by atoms with Gasteiger partial charge in [-0.15, -0.1) is 0 Å². The molecule has 2 atom stereocenters. The zero-order chi connectivity index (χ0) is 13.6. The van der Waals surface area contributed by atoms with Crippen LogP contribution in [-0.2, 0) is 0 Å². The van der Waals surface area contributed by atoms with E-state index >= 15 is 0 Å². The number of hydrogen-bond donors (Lipinski definition) is 0. The minimum Gasteiger partial charge on any atom is -0.0744 e. The molecule has 0 nitrogen and oxygen atoms in total. The molecule has 0 aliphatic heterocycles. The van der Waals surface area contributed by atoms with Gasteiger partial charge in [-0.1, -0.05) is 38.8 Å². The van der Waals surface area contributed by atoms with Gasteiger partial charge in [0.05, 0.1) is 0 Å². The average molecular weight is 248 g/mol. The zero-order valence-electron chi connectivity index (χ0n) is 13.4.